The molecular formula is C16H13BrN8O2. The van der Waals surface area contributed by atoms with Crippen molar-refractivity contribution in [3.05, 3.63) is 58.1 Å². The van der Waals surface area contributed by atoms with Gasteiger partial charge in [0.15, 0.2) is 11.5 Å². The number of nitrogens with zero attached hydrogens (tertiary/aromatic N) is 7. The number of fused-ring (bicyclic) bond motifs is 1. The first kappa shape index (κ1) is 17.1. The lowest BCUT2D eigenvalue weighted by atomic mass is 10.3. The molecular weight excluding hydrogens is 416 g/mol. The molecule has 0 aliphatic rings. The number of halogens is 1. The minimum absolute atomic E-state index is 0.198. The zero-order valence-corrected chi connectivity index (χ0v) is 15.7. The average Bonchev–Trinajstić information content (AvgIpc) is 3.26. The molecule has 1 amide bonds. The van der Waals surface area contributed by atoms with Gasteiger partial charge in [-0.25, -0.2) is 19.3 Å². The Balaban J connectivity index is 1.61. The summed E-state index contributed by atoms with van der Waals surface area (Å²) in [5.41, 5.74) is 0.571. The number of carbonyl (C=O) groups excluding carboxylic acids is 1. The Hall–Kier alpha value is -3.34. The molecule has 4 rings (SSSR count). The van der Waals surface area contributed by atoms with Gasteiger partial charge in [-0.1, -0.05) is 0 Å². The van der Waals surface area contributed by atoms with Gasteiger partial charge in [0.25, 0.3) is 5.56 Å². The molecule has 0 unspecified atom stereocenters. The third-order valence-corrected chi connectivity index (χ3v) is 4.42. The van der Waals surface area contributed by atoms with E-state index in [9.17, 15) is 9.59 Å². The summed E-state index contributed by atoms with van der Waals surface area (Å²) in [6, 6.07) is 5.17. The van der Waals surface area contributed by atoms with E-state index < -0.39 is 0 Å². The van der Waals surface area contributed by atoms with Gasteiger partial charge in [0.2, 0.25) is 5.91 Å². The molecule has 0 aliphatic carbocycles. The molecule has 10 nitrogen and oxygen atoms in total. The number of anilines is 1. The van der Waals surface area contributed by atoms with Gasteiger partial charge < -0.3 is 5.32 Å². The SMILES string of the molecule is Cn1nc(Br)c2c(=O)n(CC(=O)Nc3cccnc3-n3cccn3)cnc21. The van der Waals surface area contributed by atoms with Crippen molar-refractivity contribution in [3.63, 3.8) is 0 Å². The van der Waals surface area contributed by atoms with Crippen LogP contribution < -0.4 is 10.9 Å². The van der Waals surface area contributed by atoms with Crippen molar-refractivity contribution in [3.8, 4) is 5.82 Å². The molecule has 11 heteroatoms. The Morgan fingerprint density at radius 1 is 1.26 bits per heavy atom. The number of aryl methyl sites for hydroxylation is 1. The highest BCUT2D eigenvalue weighted by Crippen LogP contribution is 2.18. The number of nitrogens with one attached hydrogen (secondary N) is 1. The summed E-state index contributed by atoms with van der Waals surface area (Å²) >= 11 is 3.25. The van der Waals surface area contributed by atoms with Crippen molar-refractivity contribution >= 4 is 38.6 Å². The van der Waals surface area contributed by atoms with Crippen LogP contribution in [0, 0.1) is 0 Å². The Morgan fingerprint density at radius 3 is 2.89 bits per heavy atom. The largest absolute Gasteiger partial charge is 0.321 e. The highest BCUT2D eigenvalue weighted by atomic mass is 79.9. The molecule has 27 heavy (non-hydrogen) atoms. The van der Waals surface area contributed by atoms with Crippen molar-refractivity contribution < 1.29 is 4.79 Å². The highest BCUT2D eigenvalue weighted by Gasteiger charge is 2.16. The van der Waals surface area contributed by atoms with Crippen LogP contribution in [-0.2, 0) is 18.4 Å². The number of aromatic nitrogens is 7. The van der Waals surface area contributed by atoms with Gasteiger partial charge in [0.1, 0.15) is 22.9 Å². The fourth-order valence-electron chi connectivity index (χ4n) is 2.66. The summed E-state index contributed by atoms with van der Waals surface area (Å²) in [5, 5.41) is 11.3. The van der Waals surface area contributed by atoms with Gasteiger partial charge in [-0.05, 0) is 34.1 Å². The lowest BCUT2D eigenvalue weighted by Crippen LogP contribution is -2.28. The van der Waals surface area contributed by atoms with Gasteiger partial charge in [0.05, 0.1) is 5.69 Å². The fraction of sp³-hybridized carbons (Fsp3) is 0.125. The molecule has 0 spiro atoms. The Kier molecular flexibility index (Phi) is 4.28. The maximum atomic E-state index is 12.6. The smallest absolute Gasteiger partial charge is 0.266 e. The standard InChI is InChI=1S/C16H13BrN8O2/c1-23-15-12(13(17)22-23)16(27)24(9-19-15)8-11(26)21-10-4-2-5-18-14(10)25-7-3-6-20-25/h2-7,9H,8H2,1H3,(H,21,26). The van der Waals surface area contributed by atoms with Gasteiger partial charge in [-0.3, -0.25) is 14.2 Å². The van der Waals surface area contributed by atoms with Crippen LogP contribution in [0.3, 0.4) is 0 Å². The second kappa shape index (κ2) is 6.76. The van der Waals surface area contributed by atoms with Gasteiger partial charge in [-0.15, -0.1) is 0 Å². The molecule has 1 N–H and O–H groups in total. The van der Waals surface area contributed by atoms with Crippen LogP contribution in [-0.4, -0.2) is 40.0 Å². The number of rotatable bonds is 4. The van der Waals surface area contributed by atoms with Crippen LogP contribution in [0.5, 0.6) is 0 Å². The van der Waals surface area contributed by atoms with E-state index in [1.807, 2.05) is 0 Å². The van der Waals surface area contributed by atoms with E-state index in [0.29, 0.717) is 27.1 Å². The first-order valence-electron chi connectivity index (χ1n) is 7.87. The molecule has 4 heterocycles. The molecule has 0 saturated heterocycles. The van der Waals surface area contributed by atoms with Crippen molar-refractivity contribution in [2.45, 2.75) is 6.54 Å². The van der Waals surface area contributed by atoms with E-state index in [2.05, 4.69) is 41.4 Å². The van der Waals surface area contributed by atoms with Crippen molar-refractivity contribution in [2.75, 3.05) is 5.32 Å². The van der Waals surface area contributed by atoms with Gasteiger partial charge in [-0.2, -0.15) is 10.2 Å². The van der Waals surface area contributed by atoms with Gasteiger partial charge in [0, 0.05) is 25.6 Å². The quantitative estimate of drug-likeness (QED) is 0.520. The summed E-state index contributed by atoms with van der Waals surface area (Å²) in [7, 11) is 1.69. The number of hydrogen-bond acceptors (Lipinski definition) is 6. The summed E-state index contributed by atoms with van der Waals surface area (Å²) in [4.78, 5) is 33.6. The molecule has 0 aliphatic heterocycles. The number of hydrogen-bond donors (Lipinski definition) is 1. The predicted molar refractivity (Wildman–Crippen MR) is 100 cm³/mol. The predicted octanol–water partition coefficient (Wildman–Crippen LogP) is 1.11. The third kappa shape index (κ3) is 3.12. The van der Waals surface area contributed by atoms with Crippen molar-refractivity contribution in [1.82, 2.24) is 34.1 Å². The molecule has 4 aromatic rings. The van der Waals surface area contributed by atoms with Crippen molar-refractivity contribution in [2.24, 2.45) is 7.05 Å². The van der Waals surface area contributed by atoms with E-state index in [1.165, 1.54) is 15.6 Å². The lowest BCUT2D eigenvalue weighted by Gasteiger charge is -2.10. The highest BCUT2D eigenvalue weighted by molar-refractivity contribution is 9.10. The van der Waals surface area contributed by atoms with Crippen LogP contribution in [0.1, 0.15) is 0 Å². The fourth-order valence-corrected chi connectivity index (χ4v) is 3.25. The zero-order chi connectivity index (χ0) is 19.0. The third-order valence-electron chi connectivity index (χ3n) is 3.86. The Labute approximate surface area is 160 Å². The molecule has 0 atom stereocenters. The van der Waals surface area contributed by atoms with E-state index >= 15 is 0 Å². The maximum Gasteiger partial charge on any atom is 0.266 e. The minimum Gasteiger partial charge on any atom is -0.321 e. The maximum absolute atomic E-state index is 12.6. The normalized spacial score (nSPS) is 11.0. The Bertz CT molecular complexity index is 1200. The lowest BCUT2D eigenvalue weighted by molar-refractivity contribution is -0.116. The molecule has 0 bridgehead atoms. The molecule has 0 aromatic carbocycles. The van der Waals surface area contributed by atoms with E-state index in [4.69, 9.17) is 0 Å². The van der Waals surface area contributed by atoms with Crippen LogP contribution in [0.2, 0.25) is 0 Å². The summed E-state index contributed by atoms with van der Waals surface area (Å²) in [6.07, 6.45) is 6.28. The minimum atomic E-state index is -0.389. The summed E-state index contributed by atoms with van der Waals surface area (Å²) < 4.78 is 4.66. The molecule has 4 aromatic heterocycles. The van der Waals surface area contributed by atoms with Crippen LogP contribution in [0.25, 0.3) is 16.9 Å². The second-order valence-corrected chi connectivity index (χ2v) is 6.42. The Morgan fingerprint density at radius 2 is 2.11 bits per heavy atom. The van der Waals surface area contributed by atoms with E-state index in [0.717, 1.165) is 0 Å². The number of amides is 1. The average molecular weight is 429 g/mol. The first-order chi connectivity index (χ1) is 13.0. The summed E-state index contributed by atoms with van der Waals surface area (Å²) in [6.45, 7) is -0.198. The second-order valence-electron chi connectivity index (χ2n) is 5.66. The molecule has 0 fully saturated rings. The van der Waals surface area contributed by atoms with E-state index in [-0.39, 0.29) is 18.0 Å². The molecule has 0 saturated carbocycles. The molecule has 0 radical (unpaired) electrons. The van der Waals surface area contributed by atoms with Gasteiger partial charge >= 0.3 is 0 Å². The number of carbonyl (C=O) groups is 1. The zero-order valence-electron chi connectivity index (χ0n) is 14.1. The van der Waals surface area contributed by atoms with Crippen molar-refractivity contribution in [1.29, 1.82) is 0 Å². The molecule has 136 valence electrons. The van der Waals surface area contributed by atoms with Crippen LogP contribution >= 0.6 is 15.9 Å². The number of pyridine rings is 1. The van der Waals surface area contributed by atoms with Crippen LogP contribution in [0.15, 0.2) is 52.5 Å². The van der Waals surface area contributed by atoms with Crippen LogP contribution in [0.4, 0.5) is 5.69 Å². The topological polar surface area (TPSA) is 113 Å². The first-order valence-corrected chi connectivity index (χ1v) is 8.66. The monoisotopic (exact) mass is 428 g/mol. The summed E-state index contributed by atoms with van der Waals surface area (Å²) in [5.74, 6) is 0.0893. The van der Waals surface area contributed by atoms with E-state index in [1.54, 1.807) is 48.5 Å².